The van der Waals surface area contributed by atoms with E-state index in [1.165, 1.54) is 0 Å². The lowest BCUT2D eigenvalue weighted by Crippen LogP contribution is -2.44. The molecule has 212 valence electrons. The summed E-state index contributed by atoms with van der Waals surface area (Å²) in [5, 5.41) is 9.05. The van der Waals surface area contributed by atoms with E-state index in [0.717, 1.165) is 65.8 Å². The van der Waals surface area contributed by atoms with Crippen LogP contribution in [0.2, 0.25) is 5.02 Å². The molecule has 0 radical (unpaired) electrons. The number of nitriles is 1. The Morgan fingerprint density at radius 3 is 2.24 bits per heavy atom. The van der Waals surface area contributed by atoms with Crippen molar-refractivity contribution in [3.8, 4) is 22.9 Å². The van der Waals surface area contributed by atoms with Gasteiger partial charge in [0.15, 0.2) is 0 Å². The number of fused-ring (bicyclic) bond motifs is 1. The molecule has 41 heavy (non-hydrogen) atoms. The van der Waals surface area contributed by atoms with Crippen molar-refractivity contribution in [1.82, 2.24) is 9.80 Å². The molecule has 1 aliphatic rings. The number of nitrogens with zero attached hydrogens (tertiary/aromatic N) is 3. The quantitative estimate of drug-likeness (QED) is 0.219. The van der Waals surface area contributed by atoms with Gasteiger partial charge in [-0.05, 0) is 87.3 Å². The standard InChI is InChI=1S/C32H30ClF2N3O2S/c1-37(2)23-9-11-24(12-10-23)38(32(39)31-29(33)28-25(34)13-14-26(35)30(28)41-31)18-22-16-21(8-15-27(22)40-3)20-6-4-19(17-36)5-7-20/h4-8,13-16,23-24H,9-12,18H2,1-3H3. The first-order valence-electron chi connectivity index (χ1n) is 13.4. The third-order valence-electron chi connectivity index (χ3n) is 7.94. The molecule has 1 aromatic heterocycles. The first kappa shape index (κ1) is 29.0. The van der Waals surface area contributed by atoms with Crippen LogP contribution in [0.4, 0.5) is 8.78 Å². The van der Waals surface area contributed by atoms with Gasteiger partial charge in [-0.1, -0.05) is 29.8 Å². The van der Waals surface area contributed by atoms with Crippen LogP contribution >= 0.6 is 22.9 Å². The van der Waals surface area contributed by atoms with Crippen molar-refractivity contribution in [3.05, 3.63) is 87.3 Å². The van der Waals surface area contributed by atoms with Gasteiger partial charge in [0.05, 0.1) is 33.9 Å². The van der Waals surface area contributed by atoms with Crippen LogP contribution in [-0.2, 0) is 6.54 Å². The molecule has 1 aliphatic carbocycles. The Morgan fingerprint density at radius 2 is 1.63 bits per heavy atom. The van der Waals surface area contributed by atoms with E-state index in [4.69, 9.17) is 21.6 Å². The number of methoxy groups -OCH3 is 1. The van der Waals surface area contributed by atoms with E-state index in [1.807, 2.05) is 30.3 Å². The minimum absolute atomic E-state index is 0.0370. The summed E-state index contributed by atoms with van der Waals surface area (Å²) in [4.78, 5) is 18.4. The topological polar surface area (TPSA) is 56.6 Å². The van der Waals surface area contributed by atoms with E-state index in [2.05, 4.69) is 25.1 Å². The molecule has 0 atom stereocenters. The lowest BCUT2D eigenvalue weighted by Gasteiger charge is -2.39. The van der Waals surface area contributed by atoms with Crippen molar-refractivity contribution in [1.29, 1.82) is 5.26 Å². The van der Waals surface area contributed by atoms with Crippen molar-refractivity contribution >= 4 is 38.9 Å². The highest BCUT2D eigenvalue weighted by atomic mass is 35.5. The summed E-state index contributed by atoms with van der Waals surface area (Å²) in [6.45, 7) is 0.235. The third kappa shape index (κ3) is 5.80. The molecule has 0 N–H and O–H groups in total. The van der Waals surface area contributed by atoms with Crippen LogP contribution in [0.15, 0.2) is 54.6 Å². The first-order chi connectivity index (χ1) is 19.7. The zero-order valence-corrected chi connectivity index (χ0v) is 24.7. The second-order valence-corrected chi connectivity index (χ2v) is 12.0. The van der Waals surface area contributed by atoms with Gasteiger partial charge in [-0.2, -0.15) is 5.26 Å². The summed E-state index contributed by atoms with van der Waals surface area (Å²) < 4.78 is 35.0. The monoisotopic (exact) mass is 593 g/mol. The van der Waals surface area contributed by atoms with Crippen LogP contribution in [0.25, 0.3) is 21.2 Å². The summed E-state index contributed by atoms with van der Waals surface area (Å²) in [5.41, 5.74) is 3.21. The number of rotatable bonds is 7. The molecule has 4 aromatic rings. The molecule has 5 nitrogen and oxygen atoms in total. The predicted octanol–water partition coefficient (Wildman–Crippen LogP) is 7.90. The number of ether oxygens (including phenoxy) is 1. The van der Waals surface area contributed by atoms with Gasteiger partial charge in [-0.25, -0.2) is 8.78 Å². The molecule has 0 bridgehead atoms. The zero-order valence-electron chi connectivity index (χ0n) is 23.1. The van der Waals surface area contributed by atoms with Gasteiger partial charge < -0.3 is 14.5 Å². The molecule has 1 fully saturated rings. The van der Waals surface area contributed by atoms with E-state index in [0.29, 0.717) is 17.4 Å². The van der Waals surface area contributed by atoms with Crippen LogP contribution in [0.5, 0.6) is 5.75 Å². The molecule has 0 spiro atoms. The fourth-order valence-electron chi connectivity index (χ4n) is 5.62. The fourth-order valence-corrected chi connectivity index (χ4v) is 7.13. The fraction of sp³-hybridized carbons (Fsp3) is 0.312. The molecule has 0 aliphatic heterocycles. The summed E-state index contributed by atoms with van der Waals surface area (Å²) in [5.74, 6) is -0.991. The Morgan fingerprint density at radius 1 is 1.00 bits per heavy atom. The smallest absolute Gasteiger partial charge is 0.266 e. The van der Waals surface area contributed by atoms with Gasteiger partial charge in [0.25, 0.3) is 5.91 Å². The van der Waals surface area contributed by atoms with Crippen molar-refractivity contribution < 1.29 is 18.3 Å². The number of hydrogen-bond donors (Lipinski definition) is 0. The number of amides is 1. The minimum atomic E-state index is -0.656. The molecule has 1 heterocycles. The first-order valence-corrected chi connectivity index (χ1v) is 14.6. The van der Waals surface area contributed by atoms with Crippen molar-refractivity contribution in [3.63, 3.8) is 0 Å². The van der Waals surface area contributed by atoms with Gasteiger partial charge in [-0.15, -0.1) is 11.3 Å². The average molecular weight is 594 g/mol. The van der Waals surface area contributed by atoms with Crippen LogP contribution < -0.4 is 4.74 Å². The lowest BCUT2D eigenvalue weighted by molar-refractivity contribution is 0.0573. The number of carbonyl (C=O) groups is 1. The maximum atomic E-state index is 14.7. The summed E-state index contributed by atoms with van der Waals surface area (Å²) in [6.07, 6.45) is 3.43. The Kier molecular flexibility index (Phi) is 8.60. The average Bonchev–Trinajstić information content (AvgIpc) is 3.35. The van der Waals surface area contributed by atoms with E-state index >= 15 is 0 Å². The van der Waals surface area contributed by atoms with Gasteiger partial charge in [0.2, 0.25) is 0 Å². The SMILES string of the molecule is COc1ccc(-c2ccc(C#N)cc2)cc1CN(C(=O)c1sc2c(F)ccc(F)c2c1Cl)C1CCC(N(C)C)CC1. The van der Waals surface area contributed by atoms with Crippen molar-refractivity contribution in [2.75, 3.05) is 21.2 Å². The number of thiophene rings is 1. The Hall–Kier alpha value is -3.51. The number of halogens is 3. The highest BCUT2D eigenvalue weighted by Gasteiger charge is 2.33. The van der Waals surface area contributed by atoms with Crippen LogP contribution in [0, 0.1) is 23.0 Å². The Labute approximate surface area is 247 Å². The third-order valence-corrected chi connectivity index (χ3v) is 9.62. The molecule has 1 amide bonds. The molecule has 0 unspecified atom stereocenters. The highest BCUT2D eigenvalue weighted by Crippen LogP contribution is 2.41. The summed E-state index contributed by atoms with van der Waals surface area (Å²) in [6, 6.07) is 17.6. The van der Waals surface area contributed by atoms with Gasteiger partial charge in [-0.3, -0.25) is 4.79 Å². The molecule has 0 saturated heterocycles. The molecular weight excluding hydrogens is 564 g/mol. The van der Waals surface area contributed by atoms with Crippen LogP contribution in [-0.4, -0.2) is 49.0 Å². The maximum Gasteiger partial charge on any atom is 0.266 e. The number of benzene rings is 3. The number of hydrogen-bond acceptors (Lipinski definition) is 5. The zero-order chi connectivity index (χ0) is 29.3. The van der Waals surface area contributed by atoms with E-state index < -0.39 is 11.6 Å². The molecule has 1 saturated carbocycles. The normalized spacial score (nSPS) is 17.0. The second kappa shape index (κ2) is 12.2. The van der Waals surface area contributed by atoms with Crippen molar-refractivity contribution in [2.45, 2.75) is 44.3 Å². The second-order valence-electron chi connectivity index (χ2n) is 10.6. The summed E-state index contributed by atoms with van der Waals surface area (Å²) in [7, 11) is 5.71. The van der Waals surface area contributed by atoms with Gasteiger partial charge >= 0.3 is 0 Å². The molecular formula is C32H30ClF2N3O2S. The van der Waals surface area contributed by atoms with E-state index in [9.17, 15) is 13.6 Å². The van der Waals surface area contributed by atoms with E-state index in [1.54, 1.807) is 24.1 Å². The Balaban J connectivity index is 1.55. The maximum absolute atomic E-state index is 14.7. The number of carbonyl (C=O) groups excluding carboxylic acids is 1. The summed E-state index contributed by atoms with van der Waals surface area (Å²) >= 11 is 7.46. The molecule has 9 heteroatoms. The Bertz CT molecular complexity index is 1620. The molecule has 3 aromatic carbocycles. The predicted molar refractivity (Wildman–Crippen MR) is 160 cm³/mol. The van der Waals surface area contributed by atoms with Gasteiger partial charge in [0, 0.05) is 24.2 Å². The van der Waals surface area contributed by atoms with E-state index in [-0.39, 0.29) is 38.5 Å². The van der Waals surface area contributed by atoms with Crippen LogP contribution in [0.3, 0.4) is 0 Å². The minimum Gasteiger partial charge on any atom is -0.496 e. The van der Waals surface area contributed by atoms with Crippen LogP contribution in [0.1, 0.15) is 46.5 Å². The highest BCUT2D eigenvalue weighted by molar-refractivity contribution is 7.21. The lowest BCUT2D eigenvalue weighted by atomic mass is 9.89. The van der Waals surface area contributed by atoms with Gasteiger partial charge in [0.1, 0.15) is 22.3 Å². The van der Waals surface area contributed by atoms with Crippen molar-refractivity contribution in [2.24, 2.45) is 0 Å². The largest absolute Gasteiger partial charge is 0.496 e. The molecule has 5 rings (SSSR count).